The number of carbonyl (C=O) groups is 2. The van der Waals surface area contributed by atoms with Gasteiger partial charge in [0.2, 0.25) is 0 Å². The minimum Gasteiger partial charge on any atom is -0.482 e. The minimum absolute atomic E-state index is 0.132. The van der Waals surface area contributed by atoms with E-state index in [2.05, 4.69) is 6.58 Å². The van der Waals surface area contributed by atoms with Crippen molar-refractivity contribution >= 4 is 17.4 Å². The zero-order chi connectivity index (χ0) is 21.3. The summed E-state index contributed by atoms with van der Waals surface area (Å²) in [6, 6.07) is 4.64. The van der Waals surface area contributed by atoms with E-state index >= 15 is 0 Å². The maximum atomic E-state index is 13.0. The van der Waals surface area contributed by atoms with E-state index < -0.39 is 29.1 Å². The molecular formula is C20H17F3N2O4. The van der Waals surface area contributed by atoms with Crippen molar-refractivity contribution < 1.29 is 27.5 Å². The third-order valence-electron chi connectivity index (χ3n) is 4.56. The normalized spacial score (nSPS) is 14.8. The number of carbonyl (C=O) groups excluding carboxylic acids is 2. The van der Waals surface area contributed by atoms with Crippen LogP contribution in [0, 0.1) is 0 Å². The van der Waals surface area contributed by atoms with Gasteiger partial charge >= 0.3 is 6.18 Å². The van der Waals surface area contributed by atoms with E-state index in [4.69, 9.17) is 4.74 Å². The molecule has 1 aliphatic heterocycles. The first-order chi connectivity index (χ1) is 13.6. The van der Waals surface area contributed by atoms with Crippen molar-refractivity contribution in [3.8, 4) is 5.75 Å². The number of benzene rings is 1. The molecule has 9 heteroatoms. The van der Waals surface area contributed by atoms with E-state index in [0.717, 1.165) is 10.6 Å². The second-order valence-electron chi connectivity index (χ2n) is 6.47. The summed E-state index contributed by atoms with van der Waals surface area (Å²) in [5, 5.41) is 0. The van der Waals surface area contributed by atoms with Crippen LogP contribution in [-0.2, 0) is 11.0 Å². The number of Topliss-reactive ketones (excluding diaryl/α,β-unsaturated/α-hetero) is 1. The minimum atomic E-state index is -4.65. The molecule has 1 atom stereocenters. The van der Waals surface area contributed by atoms with E-state index in [1.807, 2.05) is 0 Å². The number of pyridine rings is 1. The Morgan fingerprint density at radius 1 is 1.28 bits per heavy atom. The van der Waals surface area contributed by atoms with Gasteiger partial charge in [-0.25, -0.2) is 0 Å². The van der Waals surface area contributed by atoms with Crippen molar-refractivity contribution in [1.29, 1.82) is 0 Å². The van der Waals surface area contributed by atoms with Crippen LogP contribution in [-0.4, -0.2) is 29.4 Å². The smallest absolute Gasteiger partial charge is 0.417 e. The molecule has 0 spiro atoms. The summed E-state index contributed by atoms with van der Waals surface area (Å²) in [4.78, 5) is 38.4. The summed E-state index contributed by atoms with van der Waals surface area (Å²) >= 11 is 0. The highest BCUT2D eigenvalue weighted by Crippen LogP contribution is 2.34. The average molecular weight is 406 g/mol. The predicted molar refractivity (Wildman–Crippen MR) is 99.2 cm³/mol. The second kappa shape index (κ2) is 7.57. The molecule has 2 heterocycles. The van der Waals surface area contributed by atoms with Gasteiger partial charge in [-0.15, -0.1) is 6.58 Å². The Labute approximate surface area is 163 Å². The summed E-state index contributed by atoms with van der Waals surface area (Å²) < 4.78 is 45.0. The number of alkyl halides is 3. The van der Waals surface area contributed by atoms with Gasteiger partial charge in [0.15, 0.2) is 12.4 Å². The molecule has 1 unspecified atom stereocenters. The Kier molecular flexibility index (Phi) is 5.32. The Balaban J connectivity index is 1.98. The van der Waals surface area contributed by atoms with Gasteiger partial charge in [0, 0.05) is 24.4 Å². The molecule has 0 aliphatic carbocycles. The van der Waals surface area contributed by atoms with Crippen molar-refractivity contribution in [2.75, 3.05) is 18.1 Å². The number of halogens is 3. The predicted octanol–water partition coefficient (Wildman–Crippen LogP) is 3.22. The molecule has 0 radical (unpaired) electrons. The van der Waals surface area contributed by atoms with Gasteiger partial charge in [-0.1, -0.05) is 6.08 Å². The highest BCUT2D eigenvalue weighted by molar-refractivity contribution is 6.03. The molecule has 0 fully saturated rings. The van der Waals surface area contributed by atoms with Crippen LogP contribution in [0.3, 0.4) is 0 Å². The summed E-state index contributed by atoms with van der Waals surface area (Å²) in [5.41, 5.74) is -1.27. The molecule has 1 aromatic heterocycles. The molecule has 2 aromatic rings. The van der Waals surface area contributed by atoms with Crippen LogP contribution in [0.25, 0.3) is 0 Å². The third kappa shape index (κ3) is 3.94. The molecular weight excluding hydrogens is 389 g/mol. The lowest BCUT2D eigenvalue weighted by atomic mass is 10.0. The lowest BCUT2D eigenvalue weighted by Crippen LogP contribution is -2.39. The maximum absolute atomic E-state index is 13.0. The van der Waals surface area contributed by atoms with Gasteiger partial charge in [0.05, 0.1) is 17.3 Å². The Bertz CT molecular complexity index is 1040. The first-order valence-corrected chi connectivity index (χ1v) is 8.65. The first-order valence-electron chi connectivity index (χ1n) is 8.65. The van der Waals surface area contributed by atoms with Crippen molar-refractivity contribution in [2.45, 2.75) is 19.1 Å². The van der Waals surface area contributed by atoms with E-state index in [1.54, 1.807) is 0 Å². The fraction of sp³-hybridized carbons (Fsp3) is 0.250. The van der Waals surface area contributed by atoms with Gasteiger partial charge in [-0.05, 0) is 31.2 Å². The standard InChI is InChI=1S/C20H17F3N2O4/c1-3-8-24-15-9-13(4-6-16(15)29-11-18(24)27)19(28)12(2)25-10-14(20(21,22)23)5-7-17(25)26/h3-7,9-10,12H,1,8,11H2,2H3. The van der Waals surface area contributed by atoms with Crippen LogP contribution in [0.15, 0.2) is 54.0 Å². The van der Waals surface area contributed by atoms with Crippen LogP contribution >= 0.6 is 0 Å². The van der Waals surface area contributed by atoms with Gasteiger partial charge < -0.3 is 14.2 Å². The molecule has 1 amide bonds. The number of rotatable bonds is 5. The SMILES string of the molecule is C=CCN1C(=O)COc2ccc(C(=O)C(C)n3cc(C(F)(F)F)ccc3=O)cc21. The van der Waals surface area contributed by atoms with Crippen molar-refractivity contribution in [1.82, 2.24) is 4.57 Å². The van der Waals surface area contributed by atoms with E-state index in [-0.39, 0.29) is 24.6 Å². The number of hydrogen-bond acceptors (Lipinski definition) is 4. The largest absolute Gasteiger partial charge is 0.482 e. The van der Waals surface area contributed by atoms with E-state index in [1.165, 1.54) is 36.1 Å². The lowest BCUT2D eigenvalue weighted by Gasteiger charge is -2.29. The number of amides is 1. The zero-order valence-electron chi connectivity index (χ0n) is 15.4. The maximum Gasteiger partial charge on any atom is 0.417 e. The number of hydrogen-bond donors (Lipinski definition) is 0. The van der Waals surface area contributed by atoms with Crippen LogP contribution in [0.1, 0.15) is 28.9 Å². The molecule has 0 bridgehead atoms. The molecule has 29 heavy (non-hydrogen) atoms. The monoisotopic (exact) mass is 406 g/mol. The Morgan fingerprint density at radius 2 is 2.00 bits per heavy atom. The number of fused-ring (bicyclic) bond motifs is 1. The van der Waals surface area contributed by atoms with E-state index in [9.17, 15) is 27.6 Å². The average Bonchev–Trinajstić information content (AvgIpc) is 2.68. The van der Waals surface area contributed by atoms with Gasteiger partial charge in [-0.3, -0.25) is 14.4 Å². The quantitative estimate of drug-likeness (QED) is 0.565. The summed E-state index contributed by atoms with van der Waals surface area (Å²) in [5.74, 6) is -0.498. The number of aromatic nitrogens is 1. The number of nitrogens with zero attached hydrogens (tertiary/aromatic N) is 2. The number of ether oxygens (including phenoxy) is 1. The zero-order valence-corrected chi connectivity index (χ0v) is 15.4. The van der Waals surface area contributed by atoms with E-state index in [0.29, 0.717) is 23.7 Å². The molecule has 0 saturated carbocycles. The fourth-order valence-electron chi connectivity index (χ4n) is 3.03. The Hall–Kier alpha value is -3.36. The van der Waals surface area contributed by atoms with Crippen LogP contribution in [0.4, 0.5) is 18.9 Å². The van der Waals surface area contributed by atoms with Crippen LogP contribution in [0.2, 0.25) is 0 Å². The molecule has 1 aromatic carbocycles. The lowest BCUT2D eigenvalue weighted by molar-refractivity contribution is -0.138. The summed E-state index contributed by atoms with van der Waals surface area (Å²) in [6.07, 6.45) is -2.50. The second-order valence-corrected chi connectivity index (χ2v) is 6.47. The summed E-state index contributed by atoms with van der Waals surface area (Å²) in [6.45, 7) is 4.99. The first kappa shape index (κ1) is 20.4. The van der Waals surface area contributed by atoms with Crippen LogP contribution in [0.5, 0.6) is 5.75 Å². The molecule has 3 rings (SSSR count). The molecule has 1 aliphatic rings. The summed E-state index contributed by atoms with van der Waals surface area (Å²) in [7, 11) is 0. The molecule has 0 N–H and O–H groups in total. The van der Waals surface area contributed by atoms with Gasteiger partial charge in [0.1, 0.15) is 5.75 Å². The van der Waals surface area contributed by atoms with Crippen molar-refractivity contribution in [3.05, 3.63) is 70.7 Å². The third-order valence-corrected chi connectivity index (χ3v) is 4.56. The number of anilines is 1. The molecule has 0 saturated heterocycles. The van der Waals surface area contributed by atoms with Crippen molar-refractivity contribution in [2.24, 2.45) is 0 Å². The topological polar surface area (TPSA) is 68.6 Å². The fourth-order valence-corrected chi connectivity index (χ4v) is 3.03. The van der Waals surface area contributed by atoms with Gasteiger partial charge in [-0.2, -0.15) is 13.2 Å². The molecule has 152 valence electrons. The highest BCUT2D eigenvalue weighted by atomic mass is 19.4. The Morgan fingerprint density at radius 3 is 2.66 bits per heavy atom. The highest BCUT2D eigenvalue weighted by Gasteiger charge is 2.32. The van der Waals surface area contributed by atoms with Crippen LogP contribution < -0.4 is 15.2 Å². The number of ketones is 1. The van der Waals surface area contributed by atoms with Crippen molar-refractivity contribution in [3.63, 3.8) is 0 Å². The molecule has 6 nitrogen and oxygen atoms in total. The van der Waals surface area contributed by atoms with Gasteiger partial charge in [0.25, 0.3) is 11.5 Å².